The Bertz CT molecular complexity index is 836. The van der Waals surface area contributed by atoms with Gasteiger partial charge in [-0.3, -0.25) is 4.79 Å². The summed E-state index contributed by atoms with van der Waals surface area (Å²) in [4.78, 5) is 13.8. The fourth-order valence-corrected chi connectivity index (χ4v) is 3.50. The van der Waals surface area contributed by atoms with Gasteiger partial charge in [0.15, 0.2) is 0 Å². The predicted molar refractivity (Wildman–Crippen MR) is 102 cm³/mol. The summed E-state index contributed by atoms with van der Waals surface area (Å²) in [7, 11) is -3.61. The SMILES string of the molecule is CC(=O)N(CCNS(=O)(=O)c1ccccc1)c1ccccc1OC(C)C. The summed E-state index contributed by atoms with van der Waals surface area (Å²) >= 11 is 0. The average Bonchev–Trinajstić information content (AvgIpc) is 2.59. The van der Waals surface area contributed by atoms with Gasteiger partial charge >= 0.3 is 0 Å². The molecule has 0 fully saturated rings. The third-order valence-electron chi connectivity index (χ3n) is 3.58. The molecule has 0 saturated carbocycles. The number of para-hydroxylation sites is 2. The van der Waals surface area contributed by atoms with Crippen LogP contribution in [0.2, 0.25) is 0 Å². The van der Waals surface area contributed by atoms with Crippen LogP contribution in [0.5, 0.6) is 5.75 Å². The third-order valence-corrected chi connectivity index (χ3v) is 5.06. The summed E-state index contributed by atoms with van der Waals surface area (Å²) < 4.78 is 32.9. The number of anilines is 1. The Hall–Kier alpha value is -2.38. The molecule has 1 amide bonds. The second kappa shape index (κ2) is 8.82. The molecule has 0 aliphatic heterocycles. The van der Waals surface area contributed by atoms with E-state index in [2.05, 4.69) is 4.72 Å². The highest BCUT2D eigenvalue weighted by molar-refractivity contribution is 7.89. The standard InChI is InChI=1S/C19H24N2O4S/c1-15(2)25-19-12-8-7-11-18(19)21(16(3)22)14-13-20-26(23,24)17-9-5-4-6-10-17/h4-12,15,20H,13-14H2,1-3H3. The van der Waals surface area contributed by atoms with Crippen LogP contribution in [0, 0.1) is 0 Å². The van der Waals surface area contributed by atoms with Crippen LogP contribution in [-0.2, 0) is 14.8 Å². The first-order chi connectivity index (χ1) is 12.3. The molecule has 0 heterocycles. The van der Waals surface area contributed by atoms with Crippen molar-refractivity contribution in [1.82, 2.24) is 4.72 Å². The largest absolute Gasteiger partial charge is 0.489 e. The first kappa shape index (κ1) is 19.9. The number of nitrogens with one attached hydrogen (secondary N) is 1. The van der Waals surface area contributed by atoms with E-state index in [1.807, 2.05) is 26.0 Å². The van der Waals surface area contributed by atoms with Gasteiger partial charge in [0.2, 0.25) is 15.9 Å². The number of ether oxygens (including phenoxy) is 1. The Morgan fingerprint density at radius 3 is 2.31 bits per heavy atom. The number of nitrogens with zero attached hydrogens (tertiary/aromatic N) is 1. The van der Waals surface area contributed by atoms with Crippen molar-refractivity contribution in [3.05, 3.63) is 54.6 Å². The summed E-state index contributed by atoms with van der Waals surface area (Å²) in [5.74, 6) is 0.396. The van der Waals surface area contributed by atoms with Crippen molar-refractivity contribution in [2.45, 2.75) is 31.8 Å². The molecule has 2 aromatic rings. The highest BCUT2D eigenvalue weighted by Gasteiger charge is 2.18. The van der Waals surface area contributed by atoms with Crippen molar-refractivity contribution in [3.8, 4) is 5.75 Å². The molecule has 0 unspecified atom stereocenters. The fourth-order valence-electron chi connectivity index (χ4n) is 2.46. The summed E-state index contributed by atoms with van der Waals surface area (Å²) in [5, 5.41) is 0. The highest BCUT2D eigenvalue weighted by atomic mass is 32.2. The van der Waals surface area contributed by atoms with Crippen molar-refractivity contribution < 1.29 is 17.9 Å². The van der Waals surface area contributed by atoms with Gasteiger partial charge in [-0.1, -0.05) is 30.3 Å². The summed E-state index contributed by atoms with van der Waals surface area (Å²) in [6.07, 6.45) is -0.0402. The molecule has 6 nitrogen and oxygen atoms in total. The van der Waals surface area contributed by atoms with E-state index in [-0.39, 0.29) is 30.0 Å². The van der Waals surface area contributed by atoms with Gasteiger partial charge in [-0.2, -0.15) is 0 Å². The number of hydrogen-bond acceptors (Lipinski definition) is 4. The summed E-state index contributed by atoms with van der Waals surface area (Å²) in [6.45, 7) is 5.54. The quantitative estimate of drug-likeness (QED) is 0.769. The second-order valence-corrected chi connectivity index (χ2v) is 7.78. The van der Waals surface area contributed by atoms with Gasteiger partial charge in [-0.25, -0.2) is 13.1 Å². The Morgan fingerprint density at radius 1 is 1.08 bits per heavy atom. The van der Waals surface area contributed by atoms with Crippen LogP contribution in [0.15, 0.2) is 59.5 Å². The van der Waals surface area contributed by atoms with E-state index in [0.717, 1.165) is 0 Å². The molecule has 0 spiro atoms. The van der Waals surface area contributed by atoms with E-state index in [4.69, 9.17) is 4.74 Å². The van der Waals surface area contributed by atoms with Crippen molar-refractivity contribution >= 4 is 21.6 Å². The van der Waals surface area contributed by atoms with E-state index in [1.54, 1.807) is 30.3 Å². The lowest BCUT2D eigenvalue weighted by Crippen LogP contribution is -2.37. The van der Waals surface area contributed by atoms with E-state index in [1.165, 1.54) is 24.0 Å². The molecule has 0 bridgehead atoms. The molecule has 26 heavy (non-hydrogen) atoms. The normalized spacial score (nSPS) is 11.4. The molecule has 2 aromatic carbocycles. The zero-order valence-electron chi connectivity index (χ0n) is 15.2. The first-order valence-electron chi connectivity index (χ1n) is 8.40. The zero-order chi connectivity index (χ0) is 19.2. The van der Waals surface area contributed by atoms with Gasteiger partial charge in [0.25, 0.3) is 0 Å². The number of carbonyl (C=O) groups is 1. The molecular weight excluding hydrogens is 352 g/mol. The van der Waals surface area contributed by atoms with E-state index >= 15 is 0 Å². The minimum absolute atomic E-state index is 0.0402. The van der Waals surface area contributed by atoms with Gasteiger partial charge in [0.1, 0.15) is 5.75 Å². The number of benzene rings is 2. The molecule has 1 N–H and O–H groups in total. The molecule has 0 aromatic heterocycles. The molecule has 0 radical (unpaired) electrons. The molecular formula is C19H24N2O4S. The lowest BCUT2D eigenvalue weighted by Gasteiger charge is -2.24. The average molecular weight is 376 g/mol. The van der Waals surface area contributed by atoms with Crippen molar-refractivity contribution in [3.63, 3.8) is 0 Å². The molecule has 0 atom stereocenters. The summed E-state index contributed by atoms with van der Waals surface area (Å²) in [5.41, 5.74) is 0.618. The van der Waals surface area contributed by atoms with Gasteiger partial charge in [0.05, 0.1) is 16.7 Å². The Kier molecular flexibility index (Phi) is 6.76. The van der Waals surface area contributed by atoms with Crippen LogP contribution in [-0.4, -0.2) is 33.5 Å². The predicted octanol–water partition coefficient (Wildman–Crippen LogP) is 2.81. The first-order valence-corrected chi connectivity index (χ1v) is 9.88. The summed E-state index contributed by atoms with van der Waals surface area (Å²) in [6, 6.07) is 15.3. The zero-order valence-corrected chi connectivity index (χ0v) is 16.0. The van der Waals surface area contributed by atoms with Crippen LogP contribution in [0.1, 0.15) is 20.8 Å². The van der Waals surface area contributed by atoms with Crippen LogP contribution < -0.4 is 14.4 Å². The van der Waals surface area contributed by atoms with E-state index in [9.17, 15) is 13.2 Å². The number of hydrogen-bond donors (Lipinski definition) is 1. The van der Waals surface area contributed by atoms with E-state index < -0.39 is 10.0 Å². The topological polar surface area (TPSA) is 75.7 Å². The lowest BCUT2D eigenvalue weighted by atomic mass is 10.2. The van der Waals surface area contributed by atoms with Gasteiger partial charge < -0.3 is 9.64 Å². The molecule has 2 rings (SSSR count). The maximum atomic E-state index is 12.3. The van der Waals surface area contributed by atoms with Crippen molar-refractivity contribution in [2.24, 2.45) is 0 Å². The monoisotopic (exact) mass is 376 g/mol. The molecule has 7 heteroatoms. The number of amides is 1. The van der Waals surface area contributed by atoms with Gasteiger partial charge in [-0.05, 0) is 38.1 Å². The van der Waals surface area contributed by atoms with Crippen molar-refractivity contribution in [2.75, 3.05) is 18.0 Å². The maximum Gasteiger partial charge on any atom is 0.240 e. The second-order valence-electron chi connectivity index (χ2n) is 6.02. The molecule has 0 aliphatic rings. The number of sulfonamides is 1. The molecule has 140 valence electrons. The Morgan fingerprint density at radius 2 is 1.69 bits per heavy atom. The third kappa shape index (κ3) is 5.31. The van der Waals surface area contributed by atoms with Crippen LogP contribution in [0.25, 0.3) is 0 Å². The van der Waals surface area contributed by atoms with Crippen LogP contribution in [0.4, 0.5) is 5.69 Å². The number of rotatable bonds is 8. The minimum atomic E-state index is -3.61. The highest BCUT2D eigenvalue weighted by Crippen LogP contribution is 2.28. The lowest BCUT2D eigenvalue weighted by molar-refractivity contribution is -0.116. The molecule has 0 aliphatic carbocycles. The van der Waals surface area contributed by atoms with Gasteiger partial charge in [-0.15, -0.1) is 0 Å². The Balaban J connectivity index is 2.12. The maximum absolute atomic E-state index is 12.3. The number of carbonyl (C=O) groups excluding carboxylic acids is 1. The molecule has 0 saturated heterocycles. The van der Waals surface area contributed by atoms with E-state index in [0.29, 0.717) is 11.4 Å². The smallest absolute Gasteiger partial charge is 0.240 e. The van der Waals surface area contributed by atoms with Gasteiger partial charge in [0, 0.05) is 20.0 Å². The van der Waals surface area contributed by atoms with Crippen LogP contribution in [0.3, 0.4) is 0 Å². The Labute approximate surface area is 154 Å². The fraction of sp³-hybridized carbons (Fsp3) is 0.316. The van der Waals surface area contributed by atoms with Crippen molar-refractivity contribution in [1.29, 1.82) is 0 Å². The van der Waals surface area contributed by atoms with Crippen LogP contribution >= 0.6 is 0 Å². The minimum Gasteiger partial charge on any atom is -0.489 e.